The van der Waals surface area contributed by atoms with E-state index in [9.17, 15) is 14.7 Å². The van der Waals surface area contributed by atoms with E-state index in [1.54, 1.807) is 60.3 Å². The van der Waals surface area contributed by atoms with Crippen molar-refractivity contribution < 1.29 is 14.7 Å². The van der Waals surface area contributed by atoms with E-state index in [1.165, 1.54) is 0 Å². The van der Waals surface area contributed by atoms with E-state index in [1.807, 2.05) is 20.2 Å². The second-order valence-corrected chi connectivity index (χ2v) is 5.68. The number of rotatable bonds is 5. The summed E-state index contributed by atoms with van der Waals surface area (Å²) < 4.78 is 0. The van der Waals surface area contributed by atoms with E-state index >= 15 is 0 Å². The predicted octanol–water partition coefficient (Wildman–Crippen LogP) is 2.75. The molecule has 23 heavy (non-hydrogen) atoms. The van der Waals surface area contributed by atoms with Gasteiger partial charge >= 0.3 is 5.97 Å². The first-order valence-electron chi connectivity index (χ1n) is 7.18. The van der Waals surface area contributed by atoms with Gasteiger partial charge in [0.25, 0.3) is 0 Å². The molecule has 0 spiro atoms. The van der Waals surface area contributed by atoms with Gasteiger partial charge < -0.3 is 14.9 Å². The molecule has 0 aromatic heterocycles. The van der Waals surface area contributed by atoms with E-state index < -0.39 is 5.97 Å². The first kappa shape index (κ1) is 16.5. The number of aromatic carboxylic acids is 1. The Hall–Kier alpha value is -2.82. The molecule has 2 aromatic carbocycles. The summed E-state index contributed by atoms with van der Waals surface area (Å²) in [6.07, 6.45) is 0. The summed E-state index contributed by atoms with van der Waals surface area (Å²) in [6.45, 7) is 0. The molecule has 2 rings (SSSR count). The van der Waals surface area contributed by atoms with Crippen molar-refractivity contribution in [2.24, 2.45) is 0 Å². The number of carboxylic acid groups (broad SMARTS) is 1. The number of ketones is 1. The normalized spacial score (nSPS) is 10.3. The van der Waals surface area contributed by atoms with Crippen LogP contribution in [0.5, 0.6) is 0 Å². The third kappa shape index (κ3) is 3.34. The van der Waals surface area contributed by atoms with Gasteiger partial charge in [0, 0.05) is 45.0 Å². The van der Waals surface area contributed by atoms with Crippen molar-refractivity contribution in [1.29, 1.82) is 0 Å². The van der Waals surface area contributed by atoms with Crippen molar-refractivity contribution >= 4 is 23.1 Å². The van der Waals surface area contributed by atoms with Gasteiger partial charge in [0.2, 0.25) is 0 Å². The molecule has 0 amide bonds. The zero-order valence-electron chi connectivity index (χ0n) is 13.7. The lowest BCUT2D eigenvalue weighted by Crippen LogP contribution is -2.20. The first-order chi connectivity index (χ1) is 10.8. The minimum Gasteiger partial charge on any atom is -0.478 e. The highest BCUT2D eigenvalue weighted by atomic mass is 16.4. The monoisotopic (exact) mass is 312 g/mol. The number of hydrogen-bond donors (Lipinski definition) is 1. The maximum Gasteiger partial charge on any atom is 0.337 e. The van der Waals surface area contributed by atoms with Crippen LogP contribution in [0.15, 0.2) is 42.5 Å². The summed E-state index contributed by atoms with van der Waals surface area (Å²) in [5.74, 6) is -1.25. The van der Waals surface area contributed by atoms with E-state index in [0.29, 0.717) is 22.5 Å². The largest absolute Gasteiger partial charge is 0.478 e. The fourth-order valence-electron chi connectivity index (χ4n) is 2.44. The van der Waals surface area contributed by atoms with Gasteiger partial charge in [0.1, 0.15) is 0 Å². The van der Waals surface area contributed by atoms with Crippen LogP contribution in [-0.4, -0.2) is 45.0 Å². The Morgan fingerprint density at radius 3 is 1.91 bits per heavy atom. The van der Waals surface area contributed by atoms with E-state index in [4.69, 9.17) is 0 Å². The number of carboxylic acids is 1. The van der Waals surface area contributed by atoms with Gasteiger partial charge in [-0.1, -0.05) is 30.3 Å². The molecule has 1 N–H and O–H groups in total. The van der Waals surface area contributed by atoms with Gasteiger partial charge in [-0.25, -0.2) is 4.79 Å². The summed E-state index contributed by atoms with van der Waals surface area (Å²) in [5.41, 5.74) is 2.11. The molecule has 0 aliphatic carbocycles. The smallest absolute Gasteiger partial charge is 0.337 e. The van der Waals surface area contributed by atoms with Crippen molar-refractivity contribution in [2.45, 2.75) is 0 Å². The van der Waals surface area contributed by atoms with Gasteiger partial charge in [-0.15, -0.1) is 0 Å². The highest BCUT2D eigenvalue weighted by molar-refractivity contribution is 6.15. The molecule has 0 aliphatic rings. The molecule has 5 heteroatoms. The maximum atomic E-state index is 12.9. The van der Waals surface area contributed by atoms with Crippen molar-refractivity contribution in [3.05, 3.63) is 59.2 Å². The van der Waals surface area contributed by atoms with Crippen LogP contribution in [0.1, 0.15) is 26.3 Å². The lowest BCUT2D eigenvalue weighted by molar-refractivity contribution is 0.0697. The predicted molar refractivity (Wildman–Crippen MR) is 91.9 cm³/mol. The van der Waals surface area contributed by atoms with Crippen LogP contribution in [0.2, 0.25) is 0 Å². The molecule has 0 fully saturated rings. The highest BCUT2D eigenvalue weighted by Gasteiger charge is 2.23. The second kappa shape index (κ2) is 6.52. The Balaban J connectivity index is 2.74. The molecule has 5 nitrogen and oxygen atoms in total. The number of nitrogens with zero attached hydrogens (tertiary/aromatic N) is 2. The summed E-state index contributed by atoms with van der Waals surface area (Å²) in [7, 11) is 7.10. The molecule has 2 aromatic rings. The average molecular weight is 312 g/mol. The summed E-state index contributed by atoms with van der Waals surface area (Å²) >= 11 is 0. The van der Waals surface area contributed by atoms with Crippen LogP contribution in [0.25, 0.3) is 0 Å². The average Bonchev–Trinajstić information content (AvgIpc) is 2.53. The van der Waals surface area contributed by atoms with E-state index in [0.717, 1.165) is 0 Å². The fourth-order valence-corrected chi connectivity index (χ4v) is 2.44. The minimum absolute atomic E-state index is 0.112. The third-order valence-electron chi connectivity index (χ3n) is 3.57. The van der Waals surface area contributed by atoms with E-state index in [2.05, 4.69) is 0 Å². The molecule has 0 saturated carbocycles. The highest BCUT2D eigenvalue weighted by Crippen LogP contribution is 2.31. The zero-order chi connectivity index (χ0) is 17.1. The van der Waals surface area contributed by atoms with Crippen LogP contribution in [0, 0.1) is 0 Å². The van der Waals surface area contributed by atoms with Crippen LogP contribution < -0.4 is 9.80 Å². The van der Waals surface area contributed by atoms with Gasteiger partial charge in [0.05, 0.1) is 11.3 Å². The molecule has 0 unspecified atom stereocenters. The van der Waals surface area contributed by atoms with Crippen molar-refractivity contribution in [2.75, 3.05) is 38.0 Å². The Labute approximate surface area is 135 Å². The summed E-state index contributed by atoms with van der Waals surface area (Å²) in [4.78, 5) is 28.0. The Bertz CT molecular complexity index is 737. The Kier molecular flexibility index (Phi) is 4.69. The second-order valence-electron chi connectivity index (χ2n) is 5.68. The Morgan fingerprint density at radius 2 is 1.43 bits per heavy atom. The Morgan fingerprint density at radius 1 is 0.870 bits per heavy atom. The van der Waals surface area contributed by atoms with Crippen LogP contribution in [0.3, 0.4) is 0 Å². The number of anilines is 2. The SMILES string of the molecule is CN(C)c1cc(C(=O)O)c(N(C)C)c(C(=O)c2ccccc2)c1. The third-order valence-corrected chi connectivity index (χ3v) is 3.57. The number of hydrogen-bond acceptors (Lipinski definition) is 4. The molecule has 120 valence electrons. The number of carbonyl (C=O) groups is 2. The minimum atomic E-state index is -1.06. The van der Waals surface area contributed by atoms with Crippen molar-refractivity contribution in [3.63, 3.8) is 0 Å². The lowest BCUT2D eigenvalue weighted by Gasteiger charge is -2.23. The maximum absolute atomic E-state index is 12.9. The van der Waals surface area contributed by atoms with Gasteiger partial charge in [-0.2, -0.15) is 0 Å². The molecular formula is C18H20N2O3. The molecule has 0 atom stereocenters. The van der Waals surface area contributed by atoms with Crippen LogP contribution in [-0.2, 0) is 0 Å². The molecule has 0 aliphatic heterocycles. The quantitative estimate of drug-likeness (QED) is 0.860. The topological polar surface area (TPSA) is 60.9 Å². The molecule has 0 radical (unpaired) electrons. The van der Waals surface area contributed by atoms with Crippen LogP contribution >= 0.6 is 0 Å². The standard InChI is InChI=1S/C18H20N2O3/c1-19(2)13-10-14(17(21)12-8-6-5-7-9-12)16(20(3)4)15(11-13)18(22)23/h5-11H,1-4H3,(H,22,23). The molecular weight excluding hydrogens is 292 g/mol. The number of benzene rings is 2. The first-order valence-corrected chi connectivity index (χ1v) is 7.18. The number of carbonyl (C=O) groups excluding carboxylic acids is 1. The summed E-state index contributed by atoms with van der Waals surface area (Å²) in [5, 5.41) is 9.54. The van der Waals surface area contributed by atoms with Gasteiger partial charge in [-0.3, -0.25) is 4.79 Å². The molecule has 0 saturated heterocycles. The zero-order valence-corrected chi connectivity index (χ0v) is 13.7. The van der Waals surface area contributed by atoms with Crippen LogP contribution in [0.4, 0.5) is 11.4 Å². The van der Waals surface area contributed by atoms with Crippen molar-refractivity contribution in [3.8, 4) is 0 Å². The van der Waals surface area contributed by atoms with E-state index in [-0.39, 0.29) is 11.3 Å². The lowest BCUT2D eigenvalue weighted by atomic mass is 9.97. The molecule has 0 heterocycles. The fraction of sp³-hybridized carbons (Fsp3) is 0.222. The van der Waals surface area contributed by atoms with Gasteiger partial charge in [-0.05, 0) is 12.1 Å². The van der Waals surface area contributed by atoms with Crippen molar-refractivity contribution in [1.82, 2.24) is 0 Å². The summed E-state index contributed by atoms with van der Waals surface area (Å²) in [6, 6.07) is 12.2. The molecule has 0 bridgehead atoms. The van der Waals surface area contributed by atoms with Gasteiger partial charge in [0.15, 0.2) is 5.78 Å².